The zero-order valence-electron chi connectivity index (χ0n) is 4.09. The minimum atomic E-state index is -1.20. The third kappa shape index (κ3) is 1.96. The van der Waals surface area contributed by atoms with Crippen molar-refractivity contribution in [2.45, 2.75) is 0 Å². The Balaban J connectivity index is 3.99. The minimum Gasteiger partial charge on any atom is -0.477 e. The molecule has 0 saturated heterocycles. The Morgan fingerprint density at radius 3 is 2.38 bits per heavy atom. The molecule has 0 heterocycles. The number of rotatable bonds is 2. The number of carboxylic acids is 1. The van der Waals surface area contributed by atoms with Gasteiger partial charge in [0, 0.05) is 6.21 Å². The van der Waals surface area contributed by atoms with E-state index in [0.29, 0.717) is 0 Å². The van der Waals surface area contributed by atoms with Crippen molar-refractivity contribution in [1.29, 1.82) is 5.41 Å². The van der Waals surface area contributed by atoms with Crippen molar-refractivity contribution in [3.8, 4) is 0 Å². The van der Waals surface area contributed by atoms with Crippen LogP contribution in [0, 0.1) is 5.41 Å². The molecule has 4 nitrogen and oxygen atoms in total. The van der Waals surface area contributed by atoms with Crippen molar-refractivity contribution in [3.63, 3.8) is 0 Å². The average Bonchev–Trinajstić information content (AvgIpc) is 1.67. The molecule has 0 saturated carbocycles. The highest BCUT2D eigenvalue weighted by atomic mass is 16.4. The molecule has 4 N–H and O–H groups in total. The molecule has 0 aliphatic rings. The largest absolute Gasteiger partial charge is 0.477 e. The maximum Gasteiger partial charge on any atom is 0.351 e. The van der Waals surface area contributed by atoms with Gasteiger partial charge in [-0.2, -0.15) is 0 Å². The van der Waals surface area contributed by atoms with Crippen molar-refractivity contribution in [2.75, 3.05) is 0 Å². The number of allylic oxidation sites excluding steroid dienone is 1. The number of hydrogen-bond donors (Lipinski definition) is 3. The molecule has 0 aromatic heterocycles. The van der Waals surface area contributed by atoms with Gasteiger partial charge in [0.1, 0.15) is 5.70 Å². The fourth-order valence-electron chi connectivity index (χ4n) is 0.161. The average molecular weight is 114 g/mol. The lowest BCUT2D eigenvalue weighted by Gasteiger charge is -1.85. The van der Waals surface area contributed by atoms with Crippen LogP contribution in [0.15, 0.2) is 11.8 Å². The molecule has 0 aliphatic heterocycles. The molecule has 44 valence electrons. The maximum absolute atomic E-state index is 9.79. The van der Waals surface area contributed by atoms with E-state index in [0.717, 1.165) is 12.3 Å². The molecular weight excluding hydrogens is 108 g/mol. The van der Waals surface area contributed by atoms with E-state index in [1.54, 1.807) is 0 Å². The monoisotopic (exact) mass is 114 g/mol. The molecule has 0 unspecified atom stereocenters. The van der Waals surface area contributed by atoms with Crippen molar-refractivity contribution >= 4 is 12.2 Å². The van der Waals surface area contributed by atoms with E-state index < -0.39 is 5.97 Å². The zero-order valence-corrected chi connectivity index (χ0v) is 4.09. The van der Waals surface area contributed by atoms with E-state index in [9.17, 15) is 4.79 Å². The van der Waals surface area contributed by atoms with E-state index in [4.69, 9.17) is 16.2 Å². The van der Waals surface area contributed by atoms with Crippen LogP contribution in [0.5, 0.6) is 0 Å². The fourth-order valence-corrected chi connectivity index (χ4v) is 0.161. The Bertz CT molecular complexity index is 139. The van der Waals surface area contributed by atoms with Crippen LogP contribution in [-0.4, -0.2) is 17.3 Å². The highest BCUT2D eigenvalue weighted by molar-refractivity contribution is 5.90. The second kappa shape index (κ2) is 2.79. The predicted molar refractivity (Wildman–Crippen MR) is 28.7 cm³/mol. The van der Waals surface area contributed by atoms with Crippen LogP contribution in [0.3, 0.4) is 0 Å². The van der Waals surface area contributed by atoms with E-state index in [1.165, 1.54) is 0 Å². The highest BCUT2D eigenvalue weighted by Crippen LogP contribution is 1.77. The number of carbonyl (C=O) groups is 1. The van der Waals surface area contributed by atoms with Crippen molar-refractivity contribution in [3.05, 3.63) is 11.8 Å². The highest BCUT2D eigenvalue weighted by Gasteiger charge is 1.95. The summed E-state index contributed by atoms with van der Waals surface area (Å²) in [5, 5.41) is 14.4. The first-order valence-corrected chi connectivity index (χ1v) is 1.88. The van der Waals surface area contributed by atoms with Gasteiger partial charge < -0.3 is 16.2 Å². The number of nitrogens with one attached hydrogen (secondary N) is 1. The molecular formula is C4H6N2O2. The standard InChI is InChI=1S/C4H6N2O2/c5-2-1-3(6)4(7)8/h1-2,5H,6H2,(H,7,8). The number of carboxylic acid groups (broad SMARTS) is 1. The molecule has 0 bridgehead atoms. The molecule has 0 atom stereocenters. The lowest BCUT2D eigenvalue weighted by molar-refractivity contribution is -0.132. The summed E-state index contributed by atoms with van der Waals surface area (Å²) < 4.78 is 0. The lowest BCUT2D eigenvalue weighted by atomic mass is 10.4. The van der Waals surface area contributed by atoms with Gasteiger partial charge in [-0.1, -0.05) is 0 Å². The third-order valence-electron chi connectivity index (χ3n) is 0.510. The second-order valence-corrected chi connectivity index (χ2v) is 1.09. The van der Waals surface area contributed by atoms with Crippen molar-refractivity contribution in [1.82, 2.24) is 0 Å². The fraction of sp³-hybridized carbons (Fsp3) is 0. The van der Waals surface area contributed by atoms with Crippen LogP contribution in [0.2, 0.25) is 0 Å². The number of nitrogens with two attached hydrogens (primary N) is 1. The molecule has 0 fully saturated rings. The van der Waals surface area contributed by atoms with Gasteiger partial charge in [0.25, 0.3) is 0 Å². The van der Waals surface area contributed by atoms with Crippen molar-refractivity contribution < 1.29 is 9.90 Å². The van der Waals surface area contributed by atoms with Gasteiger partial charge in [-0.15, -0.1) is 0 Å². The molecule has 0 aromatic carbocycles. The molecule has 0 amide bonds. The quantitative estimate of drug-likeness (QED) is 0.336. The predicted octanol–water partition coefficient (Wildman–Crippen LogP) is -0.437. The Morgan fingerprint density at radius 1 is 1.75 bits per heavy atom. The second-order valence-electron chi connectivity index (χ2n) is 1.09. The Kier molecular flexibility index (Phi) is 2.33. The van der Waals surface area contributed by atoms with Gasteiger partial charge >= 0.3 is 5.97 Å². The Hall–Kier alpha value is -1.32. The Labute approximate surface area is 46.1 Å². The first-order valence-electron chi connectivity index (χ1n) is 1.88. The van der Waals surface area contributed by atoms with E-state index in [2.05, 4.69) is 0 Å². The van der Waals surface area contributed by atoms with Crippen LogP contribution in [-0.2, 0) is 4.79 Å². The minimum absolute atomic E-state index is 0.319. The Morgan fingerprint density at radius 2 is 2.25 bits per heavy atom. The topological polar surface area (TPSA) is 87.2 Å². The molecule has 0 radical (unpaired) electrons. The molecule has 0 aliphatic carbocycles. The molecule has 0 aromatic rings. The summed E-state index contributed by atoms with van der Waals surface area (Å²) in [7, 11) is 0. The van der Waals surface area contributed by atoms with Crippen molar-refractivity contribution in [2.24, 2.45) is 5.73 Å². The number of hydrogen-bond acceptors (Lipinski definition) is 3. The number of aliphatic carboxylic acids is 1. The normalized spacial score (nSPS) is 10.8. The maximum atomic E-state index is 9.79. The zero-order chi connectivity index (χ0) is 6.57. The molecule has 0 spiro atoms. The summed E-state index contributed by atoms with van der Waals surface area (Å²) in [6.07, 6.45) is 1.83. The van der Waals surface area contributed by atoms with E-state index in [1.807, 2.05) is 0 Å². The van der Waals surface area contributed by atoms with Gasteiger partial charge in [-0.3, -0.25) is 0 Å². The third-order valence-corrected chi connectivity index (χ3v) is 0.510. The lowest BCUT2D eigenvalue weighted by Crippen LogP contribution is -2.09. The smallest absolute Gasteiger partial charge is 0.351 e. The van der Waals surface area contributed by atoms with Crippen LogP contribution >= 0.6 is 0 Å². The van der Waals surface area contributed by atoms with Gasteiger partial charge in [0.15, 0.2) is 0 Å². The summed E-state index contributed by atoms with van der Waals surface area (Å²) in [6.45, 7) is 0. The van der Waals surface area contributed by atoms with Gasteiger partial charge in [0.2, 0.25) is 0 Å². The summed E-state index contributed by atoms with van der Waals surface area (Å²) in [6, 6.07) is 0. The first kappa shape index (κ1) is 6.68. The first-order chi connectivity index (χ1) is 3.68. The van der Waals surface area contributed by atoms with Gasteiger partial charge in [-0.25, -0.2) is 4.79 Å². The summed E-state index contributed by atoms with van der Waals surface area (Å²) in [5.41, 5.74) is 4.52. The summed E-state index contributed by atoms with van der Waals surface area (Å²) in [4.78, 5) is 9.79. The van der Waals surface area contributed by atoms with Gasteiger partial charge in [0.05, 0.1) is 0 Å². The molecule has 4 heteroatoms. The van der Waals surface area contributed by atoms with Crippen LogP contribution in [0.1, 0.15) is 0 Å². The SMILES string of the molecule is N=CC=C(N)C(=O)O. The molecule has 0 rings (SSSR count). The van der Waals surface area contributed by atoms with E-state index in [-0.39, 0.29) is 5.70 Å². The summed E-state index contributed by atoms with van der Waals surface area (Å²) in [5.74, 6) is -1.20. The van der Waals surface area contributed by atoms with Crippen LogP contribution < -0.4 is 5.73 Å². The van der Waals surface area contributed by atoms with E-state index >= 15 is 0 Å². The van der Waals surface area contributed by atoms with Gasteiger partial charge in [-0.05, 0) is 6.08 Å². The summed E-state index contributed by atoms with van der Waals surface area (Å²) >= 11 is 0. The molecule has 8 heavy (non-hydrogen) atoms. The van der Waals surface area contributed by atoms with Crippen LogP contribution in [0.25, 0.3) is 0 Å². The van der Waals surface area contributed by atoms with Crippen LogP contribution in [0.4, 0.5) is 0 Å².